The molecule has 3 atom stereocenters. The van der Waals surface area contributed by atoms with Gasteiger partial charge in [0, 0.05) is 6.07 Å². The van der Waals surface area contributed by atoms with Crippen LogP contribution in [0.15, 0.2) is 18.2 Å². The third kappa shape index (κ3) is 3.38. The minimum Gasteiger partial charge on any atom is -0.489 e. The summed E-state index contributed by atoms with van der Waals surface area (Å²) < 4.78 is 5.86. The van der Waals surface area contributed by atoms with Gasteiger partial charge in [-0.3, -0.25) is 10.1 Å². The van der Waals surface area contributed by atoms with Gasteiger partial charge < -0.3 is 4.74 Å². The molecule has 0 heterocycles. The molecule has 1 aliphatic rings. The quantitative estimate of drug-likeness (QED) is 0.608. The topological polar surface area (TPSA) is 52.4 Å². The van der Waals surface area contributed by atoms with Crippen molar-refractivity contribution in [3.8, 4) is 5.75 Å². The average Bonchev–Trinajstić information content (AvgIpc) is 2.36. The van der Waals surface area contributed by atoms with Crippen LogP contribution in [0.2, 0.25) is 5.02 Å². The Bertz CT molecular complexity index is 478. The van der Waals surface area contributed by atoms with Crippen molar-refractivity contribution in [2.75, 3.05) is 0 Å². The van der Waals surface area contributed by atoms with Crippen molar-refractivity contribution in [1.82, 2.24) is 0 Å². The summed E-state index contributed by atoms with van der Waals surface area (Å²) in [7, 11) is 0. The molecule has 104 valence electrons. The van der Waals surface area contributed by atoms with Gasteiger partial charge in [0.05, 0.1) is 22.1 Å². The summed E-state index contributed by atoms with van der Waals surface area (Å²) in [6.07, 6.45) is 3.18. The van der Waals surface area contributed by atoms with Crippen LogP contribution in [0.1, 0.15) is 33.1 Å². The first-order valence-corrected chi connectivity index (χ1v) is 6.95. The van der Waals surface area contributed by atoms with Crippen molar-refractivity contribution in [3.63, 3.8) is 0 Å². The molecule has 1 aromatic rings. The summed E-state index contributed by atoms with van der Waals surface area (Å²) >= 11 is 6.04. The molecule has 0 spiro atoms. The molecular formula is C14H18ClNO3. The first-order chi connectivity index (χ1) is 8.97. The van der Waals surface area contributed by atoms with Crippen molar-refractivity contribution >= 4 is 17.3 Å². The van der Waals surface area contributed by atoms with Crippen molar-refractivity contribution in [2.24, 2.45) is 11.8 Å². The van der Waals surface area contributed by atoms with Crippen LogP contribution in [0.3, 0.4) is 0 Å². The second kappa shape index (κ2) is 5.78. The molecule has 5 heteroatoms. The first-order valence-electron chi connectivity index (χ1n) is 6.58. The zero-order chi connectivity index (χ0) is 14.0. The molecule has 0 aromatic heterocycles. The van der Waals surface area contributed by atoms with Crippen molar-refractivity contribution in [2.45, 2.75) is 39.2 Å². The summed E-state index contributed by atoms with van der Waals surface area (Å²) in [6, 6.07) is 4.32. The van der Waals surface area contributed by atoms with Gasteiger partial charge in [0.2, 0.25) is 0 Å². The number of benzene rings is 1. The molecule has 4 nitrogen and oxygen atoms in total. The van der Waals surface area contributed by atoms with Gasteiger partial charge in [-0.25, -0.2) is 0 Å². The zero-order valence-electron chi connectivity index (χ0n) is 11.1. The fourth-order valence-electron chi connectivity index (χ4n) is 2.48. The fraction of sp³-hybridized carbons (Fsp3) is 0.571. The lowest BCUT2D eigenvalue weighted by Crippen LogP contribution is -2.28. The van der Waals surface area contributed by atoms with Gasteiger partial charge in [-0.2, -0.15) is 0 Å². The van der Waals surface area contributed by atoms with Crippen LogP contribution < -0.4 is 4.74 Å². The number of hydrogen-bond donors (Lipinski definition) is 0. The Balaban J connectivity index is 2.10. The van der Waals surface area contributed by atoms with Gasteiger partial charge in [0.15, 0.2) is 0 Å². The number of ether oxygens (including phenoxy) is 1. The first kappa shape index (κ1) is 14.1. The maximum Gasteiger partial charge on any atom is 0.273 e. The van der Waals surface area contributed by atoms with E-state index >= 15 is 0 Å². The Morgan fingerprint density at radius 3 is 2.68 bits per heavy atom. The van der Waals surface area contributed by atoms with Crippen LogP contribution in [0.4, 0.5) is 5.69 Å². The molecule has 0 N–H and O–H groups in total. The third-order valence-electron chi connectivity index (χ3n) is 3.97. The van der Waals surface area contributed by atoms with E-state index in [4.69, 9.17) is 16.3 Å². The standard InChI is InChI=1S/C14H18ClNO3/c1-9-3-5-12(7-10(9)2)19-14-8-11(16(17)18)4-6-13(14)15/h4,6,8-10,12H,3,5,7H2,1-2H3. The second-order valence-electron chi connectivity index (χ2n) is 5.38. The van der Waals surface area contributed by atoms with Gasteiger partial charge in [0.25, 0.3) is 5.69 Å². The number of rotatable bonds is 3. The molecule has 0 saturated heterocycles. The lowest BCUT2D eigenvalue weighted by molar-refractivity contribution is -0.384. The molecule has 0 aliphatic heterocycles. The fourth-order valence-corrected chi connectivity index (χ4v) is 2.64. The van der Waals surface area contributed by atoms with E-state index < -0.39 is 4.92 Å². The molecule has 0 amide bonds. The van der Waals surface area contributed by atoms with Crippen LogP contribution in [0.25, 0.3) is 0 Å². The molecule has 0 bridgehead atoms. The summed E-state index contributed by atoms with van der Waals surface area (Å²) in [5.41, 5.74) is 0.0108. The maximum absolute atomic E-state index is 10.8. The van der Waals surface area contributed by atoms with Crippen molar-refractivity contribution < 1.29 is 9.66 Å². The SMILES string of the molecule is CC1CCC(Oc2cc([N+](=O)[O-])ccc2Cl)CC1C. The Hall–Kier alpha value is -1.29. The number of non-ortho nitro benzene ring substituents is 1. The second-order valence-corrected chi connectivity index (χ2v) is 5.79. The van der Waals surface area contributed by atoms with E-state index in [1.165, 1.54) is 18.2 Å². The monoisotopic (exact) mass is 283 g/mol. The Labute approximate surface area is 117 Å². The minimum atomic E-state index is -0.436. The van der Waals surface area contributed by atoms with Gasteiger partial charge in [-0.1, -0.05) is 25.4 Å². The van der Waals surface area contributed by atoms with Crippen LogP contribution in [0.5, 0.6) is 5.75 Å². The molecular weight excluding hydrogens is 266 g/mol. The minimum absolute atomic E-state index is 0.0108. The number of nitrogens with zero attached hydrogens (tertiary/aromatic N) is 1. The highest BCUT2D eigenvalue weighted by atomic mass is 35.5. The predicted octanol–water partition coefficient (Wildman–Crippen LogP) is 4.45. The third-order valence-corrected chi connectivity index (χ3v) is 4.28. The van der Waals surface area contributed by atoms with E-state index in [1.54, 1.807) is 0 Å². The van der Waals surface area contributed by atoms with E-state index in [2.05, 4.69) is 13.8 Å². The lowest BCUT2D eigenvalue weighted by atomic mass is 9.80. The molecule has 0 radical (unpaired) electrons. The molecule has 1 aliphatic carbocycles. The summed E-state index contributed by atoms with van der Waals surface area (Å²) in [6.45, 7) is 4.47. The molecule has 1 fully saturated rings. The van der Waals surface area contributed by atoms with Gasteiger partial charge in [-0.15, -0.1) is 0 Å². The number of nitro benzene ring substituents is 1. The van der Waals surface area contributed by atoms with E-state index in [9.17, 15) is 10.1 Å². The lowest BCUT2D eigenvalue weighted by Gasteiger charge is -2.32. The molecule has 1 saturated carbocycles. The Morgan fingerprint density at radius 2 is 2.05 bits per heavy atom. The van der Waals surface area contributed by atoms with Crippen LogP contribution >= 0.6 is 11.6 Å². The highest BCUT2D eigenvalue weighted by molar-refractivity contribution is 6.32. The van der Waals surface area contributed by atoms with Crippen LogP contribution in [-0.2, 0) is 0 Å². The molecule has 19 heavy (non-hydrogen) atoms. The summed E-state index contributed by atoms with van der Waals surface area (Å²) in [5, 5.41) is 11.2. The molecule has 1 aromatic carbocycles. The van der Waals surface area contributed by atoms with Crippen LogP contribution in [0, 0.1) is 22.0 Å². The average molecular weight is 284 g/mol. The predicted molar refractivity (Wildman–Crippen MR) is 74.7 cm³/mol. The van der Waals surface area contributed by atoms with E-state index in [1.807, 2.05) is 0 Å². The summed E-state index contributed by atoms with van der Waals surface area (Å²) in [5.74, 6) is 1.74. The van der Waals surface area contributed by atoms with Crippen molar-refractivity contribution in [1.29, 1.82) is 0 Å². The summed E-state index contributed by atoms with van der Waals surface area (Å²) in [4.78, 5) is 10.3. The van der Waals surface area contributed by atoms with Crippen LogP contribution in [-0.4, -0.2) is 11.0 Å². The number of halogens is 1. The molecule has 3 unspecified atom stereocenters. The normalized spacial score (nSPS) is 27.0. The number of nitro groups is 1. The van der Waals surface area contributed by atoms with Gasteiger partial charge in [0.1, 0.15) is 5.75 Å². The van der Waals surface area contributed by atoms with Gasteiger partial charge in [-0.05, 0) is 37.2 Å². The highest BCUT2D eigenvalue weighted by Crippen LogP contribution is 2.35. The van der Waals surface area contributed by atoms with E-state index in [0.717, 1.165) is 19.3 Å². The van der Waals surface area contributed by atoms with E-state index in [0.29, 0.717) is 22.6 Å². The zero-order valence-corrected chi connectivity index (χ0v) is 11.9. The molecule has 2 rings (SSSR count). The Kier molecular flexibility index (Phi) is 4.30. The Morgan fingerprint density at radius 1 is 1.32 bits per heavy atom. The van der Waals surface area contributed by atoms with E-state index in [-0.39, 0.29) is 11.8 Å². The largest absolute Gasteiger partial charge is 0.489 e. The highest BCUT2D eigenvalue weighted by Gasteiger charge is 2.26. The van der Waals surface area contributed by atoms with Gasteiger partial charge >= 0.3 is 0 Å². The number of hydrogen-bond acceptors (Lipinski definition) is 3. The smallest absolute Gasteiger partial charge is 0.273 e. The maximum atomic E-state index is 10.8. The van der Waals surface area contributed by atoms with Crippen molar-refractivity contribution in [3.05, 3.63) is 33.3 Å².